The van der Waals surface area contributed by atoms with Gasteiger partial charge in [-0.15, -0.1) is 10.2 Å². The van der Waals surface area contributed by atoms with Gasteiger partial charge in [0, 0.05) is 17.0 Å². The molecule has 2 rings (SSSR count). The number of benzene rings is 1. The molecule has 0 aliphatic rings. The van der Waals surface area contributed by atoms with Gasteiger partial charge in [-0.3, -0.25) is 4.79 Å². The maximum atomic E-state index is 12.3. The normalized spacial score (nSPS) is 12.4. The third-order valence-electron chi connectivity index (χ3n) is 2.96. The Hall–Kier alpha value is -1.69. The maximum absolute atomic E-state index is 12.3. The molecule has 5 nitrogen and oxygen atoms in total. The first-order chi connectivity index (χ1) is 9.95. The molecule has 1 heterocycles. The lowest BCUT2D eigenvalue weighted by Crippen LogP contribution is -2.29. The highest BCUT2D eigenvalue weighted by Gasteiger charge is 2.22. The topological polar surface area (TPSA) is 68.0 Å². The fourth-order valence-electron chi connectivity index (χ4n) is 1.99. The van der Waals surface area contributed by atoms with Gasteiger partial charge in [-0.2, -0.15) is 0 Å². The van der Waals surface area contributed by atoms with E-state index in [0.29, 0.717) is 23.3 Å². The van der Waals surface area contributed by atoms with Crippen LogP contribution in [0.1, 0.15) is 48.4 Å². The second-order valence-electron chi connectivity index (χ2n) is 5.32. The van der Waals surface area contributed by atoms with Crippen LogP contribution in [0.25, 0.3) is 0 Å². The van der Waals surface area contributed by atoms with Crippen LogP contribution in [0.2, 0.25) is 0 Å². The van der Waals surface area contributed by atoms with Crippen molar-refractivity contribution in [2.45, 2.75) is 33.2 Å². The number of rotatable bonds is 5. The molecule has 0 bridgehead atoms. The SMILES string of the molecule is Cc1nnc(C(CC(C)C)NC(=O)c2ccc(Br)cc2)o1. The zero-order valence-corrected chi connectivity index (χ0v) is 13.8. The van der Waals surface area contributed by atoms with Crippen molar-refractivity contribution in [3.05, 3.63) is 46.1 Å². The number of halogens is 1. The molecule has 1 aromatic carbocycles. The van der Waals surface area contributed by atoms with E-state index in [9.17, 15) is 4.79 Å². The van der Waals surface area contributed by atoms with Gasteiger partial charge in [-0.05, 0) is 36.6 Å². The molecule has 0 aliphatic heterocycles. The van der Waals surface area contributed by atoms with E-state index in [1.54, 1.807) is 19.1 Å². The second kappa shape index (κ2) is 6.85. The molecule has 1 unspecified atom stereocenters. The summed E-state index contributed by atoms with van der Waals surface area (Å²) in [5, 5.41) is 10.8. The van der Waals surface area contributed by atoms with Crippen molar-refractivity contribution in [3.8, 4) is 0 Å². The Labute approximate surface area is 132 Å². The maximum Gasteiger partial charge on any atom is 0.251 e. The van der Waals surface area contributed by atoms with E-state index >= 15 is 0 Å². The van der Waals surface area contributed by atoms with Gasteiger partial charge in [-0.1, -0.05) is 29.8 Å². The van der Waals surface area contributed by atoms with Crippen LogP contribution in [0.3, 0.4) is 0 Å². The molecular formula is C15H18BrN3O2. The molecule has 21 heavy (non-hydrogen) atoms. The quantitative estimate of drug-likeness (QED) is 0.892. The monoisotopic (exact) mass is 351 g/mol. The Morgan fingerprint density at radius 1 is 1.29 bits per heavy atom. The van der Waals surface area contributed by atoms with E-state index in [2.05, 4.69) is 45.3 Å². The van der Waals surface area contributed by atoms with E-state index in [0.717, 1.165) is 10.9 Å². The molecular weight excluding hydrogens is 334 g/mol. The first kappa shape index (κ1) is 15.7. The summed E-state index contributed by atoms with van der Waals surface area (Å²) < 4.78 is 6.39. The van der Waals surface area contributed by atoms with Gasteiger partial charge in [0.05, 0.1) is 0 Å². The predicted octanol–water partition coefficient (Wildman–Crippen LogP) is 3.66. The third-order valence-corrected chi connectivity index (χ3v) is 3.49. The molecule has 0 spiro atoms. The standard InChI is InChI=1S/C15H18BrN3O2/c1-9(2)8-13(15-19-18-10(3)21-15)17-14(20)11-4-6-12(16)7-5-11/h4-7,9,13H,8H2,1-3H3,(H,17,20). The Kier molecular flexibility index (Phi) is 5.12. The number of carbonyl (C=O) groups excluding carboxylic acids is 1. The minimum absolute atomic E-state index is 0.149. The number of aryl methyl sites for hydroxylation is 1. The molecule has 0 aliphatic carbocycles. The summed E-state index contributed by atoms with van der Waals surface area (Å²) >= 11 is 3.35. The van der Waals surface area contributed by atoms with Crippen LogP contribution in [0.5, 0.6) is 0 Å². The Bertz CT molecular complexity index is 608. The van der Waals surface area contributed by atoms with E-state index in [4.69, 9.17) is 4.42 Å². The summed E-state index contributed by atoms with van der Waals surface area (Å²) in [5.41, 5.74) is 0.600. The van der Waals surface area contributed by atoms with Crippen molar-refractivity contribution >= 4 is 21.8 Å². The zero-order chi connectivity index (χ0) is 15.4. The smallest absolute Gasteiger partial charge is 0.251 e. The van der Waals surface area contributed by atoms with Crippen LogP contribution in [0.4, 0.5) is 0 Å². The Morgan fingerprint density at radius 2 is 1.95 bits per heavy atom. The van der Waals surface area contributed by atoms with Gasteiger partial charge in [-0.25, -0.2) is 0 Å². The lowest BCUT2D eigenvalue weighted by atomic mass is 10.0. The van der Waals surface area contributed by atoms with E-state index in [1.807, 2.05) is 12.1 Å². The number of aromatic nitrogens is 2. The van der Waals surface area contributed by atoms with Crippen LogP contribution in [-0.4, -0.2) is 16.1 Å². The van der Waals surface area contributed by atoms with Crippen molar-refractivity contribution in [1.82, 2.24) is 15.5 Å². The molecule has 0 saturated carbocycles. The molecule has 6 heteroatoms. The van der Waals surface area contributed by atoms with Crippen molar-refractivity contribution < 1.29 is 9.21 Å². The number of hydrogen-bond acceptors (Lipinski definition) is 4. The van der Waals surface area contributed by atoms with E-state index in [1.165, 1.54) is 0 Å². The molecule has 1 atom stereocenters. The predicted molar refractivity (Wildman–Crippen MR) is 82.8 cm³/mol. The summed E-state index contributed by atoms with van der Waals surface area (Å²) in [5.74, 6) is 1.19. The molecule has 0 radical (unpaired) electrons. The number of carbonyl (C=O) groups is 1. The fourth-order valence-corrected chi connectivity index (χ4v) is 2.25. The molecule has 1 amide bonds. The van der Waals surface area contributed by atoms with Crippen LogP contribution >= 0.6 is 15.9 Å². The summed E-state index contributed by atoms with van der Waals surface area (Å²) in [6.07, 6.45) is 0.740. The van der Waals surface area contributed by atoms with Crippen molar-refractivity contribution in [1.29, 1.82) is 0 Å². The van der Waals surface area contributed by atoms with Gasteiger partial charge in [0.2, 0.25) is 11.8 Å². The number of hydrogen-bond donors (Lipinski definition) is 1. The van der Waals surface area contributed by atoms with Crippen LogP contribution < -0.4 is 5.32 Å². The Balaban J connectivity index is 2.14. The third kappa shape index (κ3) is 4.39. The van der Waals surface area contributed by atoms with Gasteiger partial charge in [0.1, 0.15) is 6.04 Å². The van der Waals surface area contributed by atoms with Crippen LogP contribution in [-0.2, 0) is 0 Å². The van der Waals surface area contributed by atoms with Gasteiger partial charge in [0.25, 0.3) is 5.91 Å². The average molecular weight is 352 g/mol. The van der Waals surface area contributed by atoms with E-state index in [-0.39, 0.29) is 11.9 Å². The summed E-state index contributed by atoms with van der Waals surface area (Å²) in [6, 6.07) is 6.93. The summed E-state index contributed by atoms with van der Waals surface area (Å²) in [6.45, 7) is 5.91. The average Bonchev–Trinajstić information content (AvgIpc) is 2.85. The Morgan fingerprint density at radius 3 is 2.48 bits per heavy atom. The minimum atomic E-state index is -0.276. The molecule has 1 aromatic heterocycles. The van der Waals surface area contributed by atoms with Crippen LogP contribution in [0, 0.1) is 12.8 Å². The number of nitrogens with zero attached hydrogens (tertiary/aromatic N) is 2. The van der Waals surface area contributed by atoms with Crippen molar-refractivity contribution in [2.24, 2.45) is 5.92 Å². The molecule has 0 saturated heterocycles. The largest absolute Gasteiger partial charge is 0.423 e. The van der Waals surface area contributed by atoms with Crippen LogP contribution in [0.15, 0.2) is 33.2 Å². The zero-order valence-electron chi connectivity index (χ0n) is 12.3. The van der Waals surface area contributed by atoms with Crippen molar-refractivity contribution in [3.63, 3.8) is 0 Å². The first-order valence-electron chi connectivity index (χ1n) is 6.82. The lowest BCUT2D eigenvalue weighted by Gasteiger charge is -2.17. The second-order valence-corrected chi connectivity index (χ2v) is 6.24. The highest BCUT2D eigenvalue weighted by atomic mass is 79.9. The van der Waals surface area contributed by atoms with E-state index < -0.39 is 0 Å². The van der Waals surface area contributed by atoms with Gasteiger partial charge in [0.15, 0.2) is 0 Å². The summed E-state index contributed by atoms with van der Waals surface area (Å²) in [7, 11) is 0. The van der Waals surface area contributed by atoms with Crippen molar-refractivity contribution in [2.75, 3.05) is 0 Å². The van der Waals surface area contributed by atoms with Gasteiger partial charge >= 0.3 is 0 Å². The highest BCUT2D eigenvalue weighted by molar-refractivity contribution is 9.10. The molecule has 2 aromatic rings. The van der Waals surface area contributed by atoms with Gasteiger partial charge < -0.3 is 9.73 Å². The molecule has 0 fully saturated rings. The number of nitrogens with one attached hydrogen (secondary N) is 1. The molecule has 1 N–H and O–H groups in total. The summed E-state index contributed by atoms with van der Waals surface area (Å²) in [4.78, 5) is 12.3. The number of amides is 1. The first-order valence-corrected chi connectivity index (χ1v) is 7.61. The minimum Gasteiger partial charge on any atom is -0.423 e. The molecule has 112 valence electrons. The highest BCUT2D eigenvalue weighted by Crippen LogP contribution is 2.21. The fraction of sp³-hybridized carbons (Fsp3) is 0.400. The lowest BCUT2D eigenvalue weighted by molar-refractivity contribution is 0.0924.